The Morgan fingerprint density at radius 1 is 1.21 bits per heavy atom. The van der Waals surface area contributed by atoms with Crippen molar-refractivity contribution in [3.63, 3.8) is 0 Å². The number of rotatable bonds is 8. The maximum Gasteiger partial charge on any atom is 0.474 e. The van der Waals surface area contributed by atoms with Gasteiger partial charge < -0.3 is 30.3 Å². The number of nitrogens with zero attached hydrogens (tertiary/aromatic N) is 5. The molecule has 206 valence electrons. The van der Waals surface area contributed by atoms with Gasteiger partial charge in [0.1, 0.15) is 30.4 Å². The average Bonchev–Trinajstić information content (AvgIpc) is 3.57. The molecular weight excluding hydrogens is 529 g/mol. The molecule has 0 spiro atoms. The van der Waals surface area contributed by atoms with E-state index in [4.69, 9.17) is 24.3 Å². The monoisotopic (exact) mass is 555 g/mol. The van der Waals surface area contributed by atoms with E-state index < -0.39 is 69.2 Å². The third-order valence-electron chi connectivity index (χ3n) is 6.41. The standard InChI is InChI=1S/C20H26N7O10P/c1-9-4-26(20(31)25-18(9)30)13-2-10(5-28)19(36-13)37-38(32,33)34-6-12-11(29)3-14(35-12)27-8-24-15-16(21)22-7-23-17(15)27/h4,7-8,10-14,19,28-29H,2-3,5-6H2,1H3,(H,32,33)(H2,21,22,23)(H,25,30,31)/t10-,11+,12-,13+,14-,19-/m1/s1. The number of aromatic nitrogens is 6. The Hall–Kier alpha value is -3.02. The van der Waals surface area contributed by atoms with E-state index in [0.717, 1.165) is 4.57 Å². The number of imidazole rings is 1. The number of aryl methyl sites for hydroxylation is 1. The summed E-state index contributed by atoms with van der Waals surface area (Å²) in [5.74, 6) is -0.589. The molecule has 0 amide bonds. The number of phosphoric acid groups is 1. The van der Waals surface area contributed by atoms with Crippen LogP contribution in [0.1, 0.15) is 30.9 Å². The largest absolute Gasteiger partial charge is 0.474 e. The van der Waals surface area contributed by atoms with Gasteiger partial charge in [-0.2, -0.15) is 0 Å². The number of nitrogen functional groups attached to an aromatic ring is 1. The van der Waals surface area contributed by atoms with Crippen molar-refractivity contribution < 1.29 is 38.2 Å². The van der Waals surface area contributed by atoms with Gasteiger partial charge in [0.25, 0.3) is 5.56 Å². The fourth-order valence-electron chi connectivity index (χ4n) is 4.39. The van der Waals surface area contributed by atoms with Crippen molar-refractivity contribution in [1.29, 1.82) is 0 Å². The van der Waals surface area contributed by atoms with Crippen LogP contribution >= 0.6 is 7.82 Å². The number of hydrogen-bond acceptors (Lipinski definition) is 13. The summed E-state index contributed by atoms with van der Waals surface area (Å²) in [6.07, 6.45) is -0.935. The van der Waals surface area contributed by atoms with E-state index in [0.29, 0.717) is 11.2 Å². The van der Waals surface area contributed by atoms with Gasteiger partial charge in [-0.25, -0.2) is 24.3 Å². The zero-order valence-electron chi connectivity index (χ0n) is 20.0. The number of ether oxygens (including phenoxy) is 2. The number of aliphatic hydroxyl groups excluding tert-OH is 2. The zero-order chi connectivity index (χ0) is 27.2. The highest BCUT2D eigenvalue weighted by Crippen LogP contribution is 2.49. The minimum atomic E-state index is -4.77. The molecule has 2 fully saturated rings. The summed E-state index contributed by atoms with van der Waals surface area (Å²) in [6.45, 7) is 0.518. The predicted octanol–water partition coefficient (Wildman–Crippen LogP) is -1.10. The van der Waals surface area contributed by atoms with Crippen LogP contribution in [0.15, 0.2) is 28.4 Å². The van der Waals surface area contributed by atoms with Gasteiger partial charge >= 0.3 is 13.5 Å². The summed E-state index contributed by atoms with van der Waals surface area (Å²) >= 11 is 0. The Bertz CT molecular complexity index is 1490. The lowest BCUT2D eigenvalue weighted by Crippen LogP contribution is -2.33. The van der Waals surface area contributed by atoms with Crippen molar-refractivity contribution in [2.75, 3.05) is 18.9 Å². The van der Waals surface area contributed by atoms with E-state index in [2.05, 4.69) is 19.9 Å². The maximum atomic E-state index is 12.7. The molecule has 1 unspecified atom stereocenters. The molecule has 0 saturated carbocycles. The summed E-state index contributed by atoms with van der Waals surface area (Å²) in [6, 6.07) is 0. The second-order valence-corrected chi connectivity index (χ2v) is 10.4. The second-order valence-electron chi connectivity index (χ2n) is 9.00. The van der Waals surface area contributed by atoms with Gasteiger partial charge in [-0.3, -0.25) is 28.0 Å². The van der Waals surface area contributed by atoms with E-state index in [1.807, 2.05) is 0 Å². The molecule has 6 N–H and O–H groups in total. The summed E-state index contributed by atoms with van der Waals surface area (Å²) in [7, 11) is -4.77. The van der Waals surface area contributed by atoms with Crippen LogP contribution in [0.3, 0.4) is 0 Å². The van der Waals surface area contributed by atoms with Crippen LogP contribution in [0.4, 0.5) is 5.82 Å². The number of fused-ring (bicyclic) bond motifs is 1. The lowest BCUT2D eigenvalue weighted by molar-refractivity contribution is -0.130. The number of H-pyrrole nitrogens is 1. The lowest BCUT2D eigenvalue weighted by Gasteiger charge is -2.22. The first-order valence-electron chi connectivity index (χ1n) is 11.6. The second kappa shape index (κ2) is 10.3. The van der Waals surface area contributed by atoms with Gasteiger partial charge in [0.15, 0.2) is 17.8 Å². The van der Waals surface area contributed by atoms with Gasteiger partial charge in [-0.1, -0.05) is 0 Å². The quantitative estimate of drug-likeness (QED) is 0.207. The molecule has 3 aromatic rings. The van der Waals surface area contributed by atoms with Gasteiger partial charge in [-0.15, -0.1) is 0 Å². The van der Waals surface area contributed by atoms with Crippen molar-refractivity contribution in [2.45, 2.75) is 50.7 Å². The SMILES string of the molecule is Cc1cn([C@@H]2C[C@H](CO)[C@@H](OP(=O)(O)OC[C@H]3O[C@@H](n4cnc5c(N)ncnc54)C[C@@H]3O)O2)c(=O)[nH]c1=O. The van der Waals surface area contributed by atoms with E-state index >= 15 is 0 Å². The van der Waals surface area contributed by atoms with E-state index in [9.17, 15) is 29.3 Å². The third-order valence-corrected chi connectivity index (χ3v) is 7.36. The van der Waals surface area contributed by atoms with Crippen LogP contribution < -0.4 is 17.0 Å². The first-order chi connectivity index (χ1) is 18.1. The van der Waals surface area contributed by atoms with Crippen LogP contribution in [-0.4, -0.2) is 75.9 Å². The molecule has 5 rings (SSSR count). The highest BCUT2D eigenvalue weighted by molar-refractivity contribution is 7.47. The summed E-state index contributed by atoms with van der Waals surface area (Å²) in [5.41, 5.74) is 5.52. The van der Waals surface area contributed by atoms with Crippen molar-refractivity contribution in [2.24, 2.45) is 5.92 Å². The molecule has 3 aromatic heterocycles. The Balaban J connectivity index is 1.22. The molecule has 18 heteroatoms. The normalized spacial score (nSPS) is 29.2. The molecule has 0 radical (unpaired) electrons. The van der Waals surface area contributed by atoms with E-state index in [1.165, 1.54) is 25.8 Å². The Kier molecular flexibility index (Phi) is 7.19. The highest BCUT2D eigenvalue weighted by atomic mass is 31.2. The molecule has 0 aliphatic carbocycles. The number of nitrogens with two attached hydrogens (primary N) is 1. The molecule has 2 aliphatic heterocycles. The molecule has 2 saturated heterocycles. The lowest BCUT2D eigenvalue weighted by atomic mass is 10.1. The molecule has 2 aliphatic rings. The summed E-state index contributed by atoms with van der Waals surface area (Å²) in [5, 5.41) is 20.2. The Morgan fingerprint density at radius 2 is 1.97 bits per heavy atom. The molecular formula is C20H26N7O10P. The zero-order valence-corrected chi connectivity index (χ0v) is 20.9. The maximum absolute atomic E-state index is 12.7. The summed E-state index contributed by atoms with van der Waals surface area (Å²) in [4.78, 5) is 48.4. The average molecular weight is 555 g/mol. The van der Waals surface area contributed by atoms with Gasteiger partial charge in [0, 0.05) is 30.5 Å². The van der Waals surface area contributed by atoms with Crippen molar-refractivity contribution in [1.82, 2.24) is 29.1 Å². The smallest absolute Gasteiger partial charge is 0.396 e. The topological polar surface area (TPSA) is 239 Å². The third kappa shape index (κ3) is 5.14. The van der Waals surface area contributed by atoms with Crippen LogP contribution in [0.2, 0.25) is 0 Å². The fourth-order valence-corrected chi connectivity index (χ4v) is 5.27. The first kappa shape index (κ1) is 26.6. The van der Waals surface area contributed by atoms with E-state index in [1.54, 1.807) is 4.57 Å². The van der Waals surface area contributed by atoms with Crippen LogP contribution in [-0.2, 0) is 23.1 Å². The number of nitrogens with one attached hydrogen (secondary N) is 1. The molecule has 0 bridgehead atoms. The van der Waals surface area contributed by atoms with Crippen LogP contribution in [0, 0.1) is 12.8 Å². The highest BCUT2D eigenvalue weighted by Gasteiger charge is 2.43. The van der Waals surface area contributed by atoms with Gasteiger partial charge in [0.05, 0.1) is 25.6 Å². The van der Waals surface area contributed by atoms with E-state index in [-0.39, 0.29) is 24.2 Å². The van der Waals surface area contributed by atoms with Gasteiger partial charge in [-0.05, 0) is 6.92 Å². The molecule has 7 atom stereocenters. The Morgan fingerprint density at radius 3 is 2.74 bits per heavy atom. The number of hydrogen-bond donors (Lipinski definition) is 5. The number of aromatic amines is 1. The van der Waals surface area contributed by atoms with Crippen molar-refractivity contribution in [3.05, 3.63) is 45.3 Å². The number of anilines is 1. The molecule has 0 aromatic carbocycles. The van der Waals surface area contributed by atoms with Crippen LogP contribution in [0.5, 0.6) is 0 Å². The first-order valence-corrected chi connectivity index (χ1v) is 13.1. The number of phosphoric ester groups is 1. The molecule has 38 heavy (non-hydrogen) atoms. The molecule has 17 nitrogen and oxygen atoms in total. The van der Waals surface area contributed by atoms with Gasteiger partial charge in [0.2, 0.25) is 0 Å². The predicted molar refractivity (Wildman–Crippen MR) is 126 cm³/mol. The van der Waals surface area contributed by atoms with Crippen LogP contribution in [0.25, 0.3) is 11.2 Å². The molecule has 5 heterocycles. The van der Waals surface area contributed by atoms with Crippen molar-refractivity contribution >= 4 is 24.8 Å². The Labute approximate surface area is 213 Å². The summed E-state index contributed by atoms with van der Waals surface area (Å²) < 4.78 is 37.0. The minimum absolute atomic E-state index is 0.0611. The minimum Gasteiger partial charge on any atom is -0.396 e. The number of aliphatic hydroxyl groups is 2. The fraction of sp³-hybridized carbons (Fsp3) is 0.550. The van der Waals surface area contributed by atoms with Crippen molar-refractivity contribution in [3.8, 4) is 0 Å².